The first kappa shape index (κ1) is 18.9. The summed E-state index contributed by atoms with van der Waals surface area (Å²) < 4.78 is 2.30. The van der Waals surface area contributed by atoms with Crippen LogP contribution >= 0.6 is 11.6 Å². The maximum atomic E-state index is 12.8. The topological polar surface area (TPSA) is 38.1 Å². The molecule has 0 aliphatic carbocycles. The van der Waals surface area contributed by atoms with E-state index in [2.05, 4.69) is 34.9 Å². The molecule has 4 aromatic rings. The van der Waals surface area contributed by atoms with Crippen LogP contribution in [0.15, 0.2) is 78.9 Å². The van der Waals surface area contributed by atoms with Crippen LogP contribution in [0.5, 0.6) is 0 Å². The van der Waals surface area contributed by atoms with Crippen molar-refractivity contribution in [2.45, 2.75) is 25.3 Å². The summed E-state index contributed by atoms with van der Waals surface area (Å²) in [5.74, 6) is 1.19. The lowest BCUT2D eigenvalue weighted by Gasteiger charge is -2.17. The van der Waals surface area contributed by atoms with Gasteiger partial charge in [0.15, 0.2) is 0 Å². The Kier molecular flexibility index (Phi) is 5.01. The predicted octanol–water partition coefficient (Wildman–Crippen LogP) is 5.45. The van der Waals surface area contributed by atoms with Crippen LogP contribution in [-0.2, 0) is 17.8 Å². The van der Waals surface area contributed by atoms with Crippen molar-refractivity contribution >= 4 is 34.2 Å². The molecule has 1 aliphatic rings. The summed E-state index contributed by atoms with van der Waals surface area (Å²) in [7, 11) is 0. The minimum Gasteiger partial charge on any atom is -0.327 e. The Labute approximate surface area is 180 Å². The van der Waals surface area contributed by atoms with Crippen LogP contribution in [0, 0.1) is 0 Å². The van der Waals surface area contributed by atoms with Gasteiger partial charge in [0.1, 0.15) is 5.82 Å². The van der Waals surface area contributed by atoms with Crippen molar-refractivity contribution in [3.8, 4) is 0 Å². The summed E-state index contributed by atoms with van der Waals surface area (Å²) >= 11 is 6.01. The normalized spacial score (nSPS) is 16.5. The van der Waals surface area contributed by atoms with Crippen LogP contribution in [0.2, 0.25) is 5.02 Å². The van der Waals surface area contributed by atoms with E-state index in [1.165, 1.54) is 5.56 Å². The number of imidazole rings is 1. The highest BCUT2D eigenvalue weighted by Gasteiger charge is 2.34. The molecular formula is C25H22ClN3O. The van der Waals surface area contributed by atoms with Gasteiger partial charge in [-0.15, -0.1) is 0 Å². The van der Waals surface area contributed by atoms with Gasteiger partial charge in [0.25, 0.3) is 0 Å². The fraction of sp³-hybridized carbons (Fsp3) is 0.200. The van der Waals surface area contributed by atoms with E-state index in [4.69, 9.17) is 16.6 Å². The first-order valence-electron chi connectivity index (χ1n) is 10.2. The number of carbonyl (C=O) groups is 1. The van der Waals surface area contributed by atoms with Crippen LogP contribution in [0.3, 0.4) is 0 Å². The Morgan fingerprint density at radius 2 is 1.67 bits per heavy atom. The second kappa shape index (κ2) is 7.96. The van der Waals surface area contributed by atoms with Gasteiger partial charge in [0.2, 0.25) is 5.91 Å². The molecule has 30 heavy (non-hydrogen) atoms. The average molecular weight is 416 g/mol. The Bertz CT molecular complexity index is 1180. The lowest BCUT2D eigenvalue weighted by atomic mass is 10.1. The number of para-hydroxylation sites is 2. The van der Waals surface area contributed by atoms with E-state index < -0.39 is 0 Å². The lowest BCUT2D eigenvalue weighted by molar-refractivity contribution is -0.117. The molecule has 1 aliphatic heterocycles. The molecule has 0 spiro atoms. The van der Waals surface area contributed by atoms with E-state index in [0.717, 1.165) is 35.5 Å². The van der Waals surface area contributed by atoms with Crippen LogP contribution in [0.25, 0.3) is 11.0 Å². The molecule has 2 heterocycles. The molecule has 0 radical (unpaired) electrons. The standard InChI is InChI=1S/C25H22ClN3O/c26-20-10-12-21(13-11-20)29-17-19(16-24(29)30)25-27-22-8-4-5-9-23(22)28(25)15-14-18-6-2-1-3-7-18/h1-13,19H,14-17H2/t19-/m1/s1. The zero-order chi connectivity index (χ0) is 20.5. The van der Waals surface area contributed by atoms with Gasteiger partial charge in [-0.2, -0.15) is 0 Å². The number of hydrogen-bond acceptors (Lipinski definition) is 2. The summed E-state index contributed by atoms with van der Waals surface area (Å²) in [4.78, 5) is 19.6. The number of aromatic nitrogens is 2. The van der Waals surface area contributed by atoms with Crippen LogP contribution in [-0.4, -0.2) is 22.0 Å². The zero-order valence-electron chi connectivity index (χ0n) is 16.5. The first-order valence-corrected chi connectivity index (χ1v) is 10.6. The number of nitrogens with zero attached hydrogens (tertiary/aromatic N) is 3. The number of hydrogen-bond donors (Lipinski definition) is 0. The van der Waals surface area contributed by atoms with Gasteiger partial charge in [-0.05, 0) is 48.4 Å². The molecule has 1 aromatic heterocycles. The van der Waals surface area contributed by atoms with E-state index in [0.29, 0.717) is 18.0 Å². The predicted molar refractivity (Wildman–Crippen MR) is 121 cm³/mol. The van der Waals surface area contributed by atoms with Crippen LogP contribution in [0.4, 0.5) is 5.69 Å². The van der Waals surface area contributed by atoms with E-state index in [-0.39, 0.29) is 11.8 Å². The van der Waals surface area contributed by atoms with E-state index in [9.17, 15) is 4.79 Å². The molecule has 150 valence electrons. The number of halogens is 1. The Balaban J connectivity index is 1.46. The van der Waals surface area contributed by atoms with Crippen molar-refractivity contribution in [1.29, 1.82) is 0 Å². The SMILES string of the molecule is O=C1C[C@@H](c2nc3ccccc3n2CCc2ccccc2)CN1c1ccc(Cl)cc1. The molecule has 1 atom stereocenters. The summed E-state index contributed by atoms with van der Waals surface area (Å²) in [5, 5.41) is 0.671. The van der Waals surface area contributed by atoms with Gasteiger partial charge in [-0.1, -0.05) is 54.1 Å². The van der Waals surface area contributed by atoms with Gasteiger partial charge in [-0.3, -0.25) is 4.79 Å². The molecule has 0 saturated carbocycles. The Hall–Kier alpha value is -3.11. The molecular weight excluding hydrogens is 394 g/mol. The van der Waals surface area contributed by atoms with Crippen LogP contribution in [0.1, 0.15) is 23.7 Å². The van der Waals surface area contributed by atoms with Gasteiger partial charge in [-0.25, -0.2) is 4.98 Å². The number of aryl methyl sites for hydroxylation is 2. The summed E-state index contributed by atoms with van der Waals surface area (Å²) in [6.45, 7) is 1.47. The molecule has 4 nitrogen and oxygen atoms in total. The molecule has 0 bridgehead atoms. The average Bonchev–Trinajstić information content (AvgIpc) is 3.34. The third kappa shape index (κ3) is 3.59. The van der Waals surface area contributed by atoms with Crippen molar-refractivity contribution < 1.29 is 4.79 Å². The number of anilines is 1. The molecule has 0 N–H and O–H groups in total. The van der Waals surface area contributed by atoms with E-state index in [1.807, 2.05) is 53.4 Å². The fourth-order valence-electron chi connectivity index (χ4n) is 4.28. The monoisotopic (exact) mass is 415 g/mol. The molecule has 1 saturated heterocycles. The van der Waals surface area contributed by atoms with Crippen molar-refractivity contribution in [2.75, 3.05) is 11.4 Å². The highest BCUT2D eigenvalue weighted by atomic mass is 35.5. The van der Waals surface area contributed by atoms with E-state index in [1.54, 1.807) is 0 Å². The number of benzene rings is 3. The minimum atomic E-state index is 0.0661. The number of carbonyl (C=O) groups excluding carboxylic acids is 1. The maximum Gasteiger partial charge on any atom is 0.227 e. The number of amides is 1. The molecule has 5 heteroatoms. The van der Waals surface area contributed by atoms with Gasteiger partial charge in [0, 0.05) is 36.1 Å². The third-order valence-corrected chi connectivity index (χ3v) is 6.03. The Morgan fingerprint density at radius 3 is 2.47 bits per heavy atom. The second-order valence-electron chi connectivity index (χ2n) is 7.73. The largest absolute Gasteiger partial charge is 0.327 e. The molecule has 1 fully saturated rings. The zero-order valence-corrected chi connectivity index (χ0v) is 17.3. The smallest absolute Gasteiger partial charge is 0.227 e. The summed E-state index contributed by atoms with van der Waals surface area (Å²) in [5.41, 5.74) is 4.30. The Morgan fingerprint density at radius 1 is 0.933 bits per heavy atom. The lowest BCUT2D eigenvalue weighted by Crippen LogP contribution is -2.24. The van der Waals surface area contributed by atoms with Crippen molar-refractivity contribution in [1.82, 2.24) is 9.55 Å². The highest BCUT2D eigenvalue weighted by molar-refractivity contribution is 6.30. The second-order valence-corrected chi connectivity index (χ2v) is 8.16. The molecule has 0 unspecified atom stereocenters. The van der Waals surface area contributed by atoms with Crippen molar-refractivity contribution in [3.05, 3.63) is 95.3 Å². The van der Waals surface area contributed by atoms with E-state index >= 15 is 0 Å². The van der Waals surface area contributed by atoms with Crippen LogP contribution < -0.4 is 4.90 Å². The number of rotatable bonds is 5. The van der Waals surface area contributed by atoms with Gasteiger partial charge in [0.05, 0.1) is 11.0 Å². The number of fused-ring (bicyclic) bond motifs is 1. The van der Waals surface area contributed by atoms with Gasteiger partial charge >= 0.3 is 0 Å². The van der Waals surface area contributed by atoms with Crippen molar-refractivity contribution in [2.24, 2.45) is 0 Å². The van der Waals surface area contributed by atoms with Gasteiger partial charge < -0.3 is 9.47 Å². The summed E-state index contributed by atoms with van der Waals surface area (Å²) in [6, 6.07) is 26.2. The molecule has 5 rings (SSSR count). The minimum absolute atomic E-state index is 0.0661. The highest BCUT2D eigenvalue weighted by Crippen LogP contribution is 2.33. The first-order chi connectivity index (χ1) is 14.7. The molecule has 1 amide bonds. The maximum absolute atomic E-state index is 12.8. The third-order valence-electron chi connectivity index (χ3n) is 5.78. The summed E-state index contributed by atoms with van der Waals surface area (Å²) in [6.07, 6.45) is 1.40. The molecule has 3 aromatic carbocycles. The fourth-order valence-corrected chi connectivity index (χ4v) is 4.40. The van der Waals surface area contributed by atoms with Crippen molar-refractivity contribution in [3.63, 3.8) is 0 Å². The quantitative estimate of drug-likeness (QED) is 0.434.